The van der Waals surface area contributed by atoms with E-state index >= 15 is 0 Å². The second-order valence-electron chi connectivity index (χ2n) is 13.7. The molecule has 0 unspecified atom stereocenters. The lowest BCUT2D eigenvalue weighted by atomic mass is 10.1. The van der Waals surface area contributed by atoms with Gasteiger partial charge in [-0.1, -0.05) is 188 Å². The number of carbonyl (C=O) groups is 1. The van der Waals surface area contributed by atoms with Gasteiger partial charge in [-0.3, -0.25) is 4.79 Å². The van der Waals surface area contributed by atoms with Crippen molar-refractivity contribution < 1.29 is 19.0 Å². The van der Waals surface area contributed by atoms with Gasteiger partial charge in [-0.15, -0.1) is 0 Å². The van der Waals surface area contributed by atoms with Gasteiger partial charge in [-0.25, -0.2) is 0 Å². The first kappa shape index (κ1) is 59.9. The van der Waals surface area contributed by atoms with E-state index in [1.807, 2.05) is 39.1 Å². The van der Waals surface area contributed by atoms with Crippen molar-refractivity contribution in [3.63, 3.8) is 0 Å². The number of carbonyl (C=O) groups excluding carboxylic acids is 1. The van der Waals surface area contributed by atoms with Crippen LogP contribution in [0.5, 0.6) is 11.5 Å². The van der Waals surface area contributed by atoms with Crippen LogP contribution in [0.15, 0.2) is 66.8 Å². The van der Waals surface area contributed by atoms with Gasteiger partial charge in [0.05, 0.1) is 20.1 Å². The molecular weight excluding hydrogens is 691 g/mol. The molecule has 56 heavy (non-hydrogen) atoms. The largest absolute Gasteiger partial charge is 0.497 e. The molecule has 0 aliphatic carbocycles. The third-order valence-electron chi connectivity index (χ3n) is 8.05. The maximum absolute atomic E-state index is 11.7. The number of hydrogen-bond acceptors (Lipinski definition) is 5. The predicted molar refractivity (Wildman–Crippen MR) is 251 cm³/mol. The number of esters is 1. The minimum atomic E-state index is -0.217. The monoisotopic (exact) mass is 786 g/mol. The lowest BCUT2D eigenvalue weighted by molar-refractivity contribution is -0.144. The van der Waals surface area contributed by atoms with Crippen molar-refractivity contribution in [3.05, 3.63) is 72.4 Å². The lowest BCUT2D eigenvalue weighted by Crippen LogP contribution is -2.14. The fourth-order valence-electron chi connectivity index (χ4n) is 4.94. The van der Waals surface area contributed by atoms with Crippen LogP contribution in [0, 0.1) is 0 Å². The van der Waals surface area contributed by atoms with Crippen LogP contribution in [0.25, 0.3) is 0 Å². The fraction of sp³-hybridized carbons (Fsp3) is 0.706. The highest BCUT2D eigenvalue weighted by atomic mass is 16.5. The van der Waals surface area contributed by atoms with Gasteiger partial charge in [0.25, 0.3) is 0 Å². The molecule has 0 aliphatic heterocycles. The van der Waals surface area contributed by atoms with E-state index in [1.165, 1.54) is 103 Å². The Hall–Kier alpha value is -2.79. The summed E-state index contributed by atoms with van der Waals surface area (Å²) in [6, 6.07) is 5.67. The summed E-state index contributed by atoms with van der Waals surface area (Å²) in [5.41, 5.74) is 0.870. The zero-order chi connectivity index (χ0) is 42.6. The van der Waals surface area contributed by atoms with Crippen LogP contribution in [0.2, 0.25) is 0 Å². The van der Waals surface area contributed by atoms with Crippen molar-refractivity contribution >= 4 is 5.97 Å². The SMILES string of the molecule is CC.CC/C=C\C/C=C\CC.CCC.CCCCC/C=C\C/C=C\CCCCCCCCOc1cc(COC(=O)CCNC)cc(OC)c1.CCCCCCC. The van der Waals surface area contributed by atoms with E-state index in [0.717, 1.165) is 43.4 Å². The third kappa shape index (κ3) is 53.3. The van der Waals surface area contributed by atoms with Crippen molar-refractivity contribution in [2.24, 2.45) is 0 Å². The highest BCUT2D eigenvalue weighted by molar-refractivity contribution is 5.69. The highest BCUT2D eigenvalue weighted by Gasteiger charge is 2.07. The number of allylic oxidation sites excluding steroid dienone is 8. The van der Waals surface area contributed by atoms with Gasteiger partial charge in [-0.2, -0.15) is 0 Å². The molecule has 0 spiro atoms. The topological polar surface area (TPSA) is 56.8 Å². The number of benzene rings is 1. The van der Waals surface area contributed by atoms with Gasteiger partial charge in [0, 0.05) is 12.6 Å². The van der Waals surface area contributed by atoms with E-state index in [4.69, 9.17) is 14.2 Å². The van der Waals surface area contributed by atoms with Crippen LogP contribution < -0.4 is 14.8 Å². The van der Waals surface area contributed by atoms with Crippen molar-refractivity contribution in [2.75, 3.05) is 27.3 Å². The summed E-state index contributed by atoms with van der Waals surface area (Å²) >= 11 is 0. The molecule has 5 heteroatoms. The lowest BCUT2D eigenvalue weighted by Gasteiger charge is -2.11. The molecule has 1 rings (SSSR count). The van der Waals surface area contributed by atoms with Gasteiger partial charge in [0.15, 0.2) is 0 Å². The van der Waals surface area contributed by atoms with E-state index in [0.29, 0.717) is 25.3 Å². The minimum Gasteiger partial charge on any atom is -0.497 e. The van der Waals surface area contributed by atoms with Crippen LogP contribution >= 0.6 is 0 Å². The summed E-state index contributed by atoms with van der Waals surface area (Å²) in [4.78, 5) is 11.7. The van der Waals surface area contributed by atoms with Gasteiger partial charge < -0.3 is 19.5 Å². The van der Waals surface area contributed by atoms with E-state index < -0.39 is 0 Å². The van der Waals surface area contributed by atoms with Crippen LogP contribution in [-0.2, 0) is 16.1 Å². The molecule has 0 fully saturated rings. The molecule has 1 N–H and O–H groups in total. The van der Waals surface area contributed by atoms with Crippen LogP contribution in [0.1, 0.15) is 209 Å². The number of nitrogens with one attached hydrogen (secondary N) is 1. The summed E-state index contributed by atoms with van der Waals surface area (Å²) in [6.45, 7) is 20.8. The van der Waals surface area contributed by atoms with E-state index in [-0.39, 0.29) is 12.6 Å². The zero-order valence-corrected chi connectivity index (χ0v) is 39.2. The molecule has 1 aromatic carbocycles. The normalized spacial score (nSPS) is 10.6. The molecule has 0 aromatic heterocycles. The molecule has 0 saturated heterocycles. The number of hydrogen-bond donors (Lipinski definition) is 1. The molecular formula is C51H95NO4. The minimum absolute atomic E-state index is 0.217. The second-order valence-corrected chi connectivity index (χ2v) is 13.7. The molecule has 328 valence electrons. The number of unbranched alkanes of at least 4 members (excludes halogenated alkanes) is 13. The summed E-state index contributed by atoms with van der Waals surface area (Å²) in [5.74, 6) is 1.25. The third-order valence-corrected chi connectivity index (χ3v) is 8.05. The average Bonchev–Trinajstić information content (AvgIpc) is 3.22. The molecule has 0 aliphatic rings. The summed E-state index contributed by atoms with van der Waals surface area (Å²) < 4.78 is 16.6. The van der Waals surface area contributed by atoms with E-state index in [9.17, 15) is 4.79 Å². The standard InChI is InChI=1S/C30H49NO4.C9H16.C7H16.C3H8.C2H6/c1-4-5-6-7-8-9-10-11-12-13-14-15-16-17-18-19-22-34-29-24-27(23-28(25-29)33-3)26-35-30(32)20-21-31-2;1-3-5-7-9-8-6-4-2;1-3-5-7-6-4-2;1-3-2;1-2/h8-9,11-12,23-25,31H,4-7,10,13-22,26H2,1-3H3;5-8H,3-4,9H2,1-2H3;3-7H2,1-2H3;3H2,1-2H3;1-2H3/b9-8-,12-11-;7-5-,8-6-;;;. The van der Waals surface area contributed by atoms with Crippen molar-refractivity contribution in [3.8, 4) is 11.5 Å². The smallest absolute Gasteiger partial charge is 0.307 e. The average molecular weight is 786 g/mol. The molecule has 1 aromatic rings. The molecule has 5 nitrogen and oxygen atoms in total. The van der Waals surface area contributed by atoms with Crippen LogP contribution in [-0.4, -0.2) is 33.3 Å². The Kier molecular flexibility index (Phi) is 60.5. The zero-order valence-electron chi connectivity index (χ0n) is 39.2. The molecule has 0 saturated carbocycles. The Balaban J connectivity index is -0.000000524. The quantitative estimate of drug-likeness (QED) is 0.0478. The molecule has 0 radical (unpaired) electrons. The summed E-state index contributed by atoms with van der Waals surface area (Å²) in [7, 11) is 3.44. The number of rotatable bonds is 30. The Morgan fingerprint density at radius 3 is 1.54 bits per heavy atom. The second kappa shape index (κ2) is 56.5. The Morgan fingerprint density at radius 1 is 0.589 bits per heavy atom. The maximum atomic E-state index is 11.7. The van der Waals surface area contributed by atoms with Gasteiger partial charge in [-0.05, 0) is 82.5 Å². The van der Waals surface area contributed by atoms with Gasteiger partial charge in [0.2, 0.25) is 0 Å². The van der Waals surface area contributed by atoms with Gasteiger partial charge in [0.1, 0.15) is 18.1 Å². The molecule has 0 heterocycles. The first-order valence-corrected chi connectivity index (χ1v) is 23.1. The van der Waals surface area contributed by atoms with E-state index in [1.54, 1.807) is 7.11 Å². The predicted octanol–water partition coefficient (Wildman–Crippen LogP) is 16.3. The summed E-state index contributed by atoms with van der Waals surface area (Å²) in [6.07, 6.45) is 44.8. The highest BCUT2D eigenvalue weighted by Crippen LogP contribution is 2.24. The van der Waals surface area contributed by atoms with Gasteiger partial charge >= 0.3 is 5.97 Å². The van der Waals surface area contributed by atoms with Crippen LogP contribution in [0.3, 0.4) is 0 Å². The first-order chi connectivity index (χ1) is 27.4. The van der Waals surface area contributed by atoms with Crippen molar-refractivity contribution in [1.29, 1.82) is 0 Å². The Bertz CT molecular complexity index is 982. The van der Waals surface area contributed by atoms with Crippen LogP contribution in [0.4, 0.5) is 0 Å². The number of methoxy groups -OCH3 is 1. The van der Waals surface area contributed by atoms with Crippen molar-refractivity contribution in [1.82, 2.24) is 5.32 Å². The van der Waals surface area contributed by atoms with Crippen molar-refractivity contribution in [2.45, 2.75) is 210 Å². The molecule has 0 atom stereocenters. The maximum Gasteiger partial charge on any atom is 0.307 e. The van der Waals surface area contributed by atoms with E-state index in [2.05, 4.69) is 102 Å². The number of ether oxygens (including phenoxy) is 3. The molecule has 0 amide bonds. The Labute approximate surface area is 350 Å². The Morgan fingerprint density at radius 2 is 1.04 bits per heavy atom. The molecule has 0 bridgehead atoms. The summed E-state index contributed by atoms with van der Waals surface area (Å²) in [5, 5.41) is 2.94. The first-order valence-electron chi connectivity index (χ1n) is 23.1. The fourth-order valence-corrected chi connectivity index (χ4v) is 4.94.